The van der Waals surface area contributed by atoms with Gasteiger partial charge in [-0.2, -0.15) is 0 Å². The average Bonchev–Trinajstić information content (AvgIpc) is 2.12. The van der Waals surface area contributed by atoms with Gasteiger partial charge >= 0.3 is 0 Å². The van der Waals surface area contributed by atoms with E-state index in [1.54, 1.807) is 6.92 Å². The van der Waals surface area contributed by atoms with Gasteiger partial charge in [-0.15, -0.1) is 0 Å². The van der Waals surface area contributed by atoms with E-state index in [0.29, 0.717) is 5.56 Å². The largest absolute Gasteiger partial charge is 0.293 e. The summed E-state index contributed by atoms with van der Waals surface area (Å²) in [5.74, 6) is -1.12. The van der Waals surface area contributed by atoms with Gasteiger partial charge in [-0.05, 0) is 37.6 Å². The van der Waals surface area contributed by atoms with Crippen LogP contribution in [0.4, 0.5) is 4.39 Å². The van der Waals surface area contributed by atoms with Crippen LogP contribution in [-0.4, -0.2) is 25.7 Å². The van der Waals surface area contributed by atoms with Crippen molar-refractivity contribution in [1.82, 2.24) is 0 Å². The van der Waals surface area contributed by atoms with Crippen LogP contribution >= 0.6 is 0 Å². The minimum Gasteiger partial charge on any atom is -0.293 e. The lowest BCUT2D eigenvalue weighted by molar-refractivity contribution is 0.0991. The molecule has 5 heteroatoms. The van der Waals surface area contributed by atoms with Crippen LogP contribution < -0.4 is 0 Å². The quantitative estimate of drug-likeness (QED) is 0.761. The topological polar surface area (TPSA) is 51.2 Å². The molecule has 0 N–H and O–H groups in total. The standard InChI is InChI=1S/C11H13FO3S/c1-7-4-9(6-10(12)5-7)11(13)8(2)16(3,14)15/h4-6,8H,1-3H3. The Morgan fingerprint density at radius 2 is 1.88 bits per heavy atom. The first-order valence-electron chi connectivity index (χ1n) is 4.72. The minimum absolute atomic E-state index is 0.0930. The van der Waals surface area contributed by atoms with Gasteiger partial charge in [0.25, 0.3) is 0 Å². The lowest BCUT2D eigenvalue weighted by Crippen LogP contribution is -2.26. The predicted octanol–water partition coefficient (Wildman–Crippen LogP) is 1.75. The molecule has 1 unspecified atom stereocenters. The molecule has 3 nitrogen and oxygen atoms in total. The molecule has 0 amide bonds. The summed E-state index contributed by atoms with van der Waals surface area (Å²) < 4.78 is 35.4. The molecule has 1 rings (SSSR count). The third kappa shape index (κ3) is 2.88. The summed E-state index contributed by atoms with van der Waals surface area (Å²) in [4.78, 5) is 11.7. The van der Waals surface area contributed by atoms with Gasteiger partial charge in [-0.25, -0.2) is 12.8 Å². The van der Waals surface area contributed by atoms with E-state index in [9.17, 15) is 17.6 Å². The molecule has 1 aromatic carbocycles. The average molecular weight is 244 g/mol. The zero-order valence-electron chi connectivity index (χ0n) is 9.32. The molecule has 0 bridgehead atoms. The minimum atomic E-state index is -3.45. The molecule has 0 aliphatic heterocycles. The molecule has 0 aliphatic carbocycles. The third-order valence-electron chi connectivity index (χ3n) is 2.34. The van der Waals surface area contributed by atoms with Gasteiger partial charge in [-0.1, -0.05) is 0 Å². The van der Waals surface area contributed by atoms with Crippen LogP contribution in [0.15, 0.2) is 18.2 Å². The van der Waals surface area contributed by atoms with E-state index in [1.807, 2.05) is 0 Å². The molecule has 0 fully saturated rings. The Kier molecular flexibility index (Phi) is 3.48. The number of aryl methyl sites for hydroxylation is 1. The molecule has 88 valence electrons. The van der Waals surface area contributed by atoms with E-state index in [4.69, 9.17) is 0 Å². The van der Waals surface area contributed by atoms with Gasteiger partial charge in [0.1, 0.15) is 11.1 Å². The van der Waals surface area contributed by atoms with Crippen LogP contribution in [0.3, 0.4) is 0 Å². The lowest BCUT2D eigenvalue weighted by atomic mass is 10.1. The van der Waals surface area contributed by atoms with Crippen LogP contribution in [0.25, 0.3) is 0 Å². The normalized spacial score (nSPS) is 13.5. The molecule has 0 heterocycles. The number of benzene rings is 1. The summed E-state index contributed by atoms with van der Waals surface area (Å²) in [6.07, 6.45) is 0.988. The number of sulfone groups is 1. The van der Waals surface area contributed by atoms with Crippen molar-refractivity contribution in [1.29, 1.82) is 0 Å². The Bertz CT molecular complexity index is 500. The molecule has 16 heavy (non-hydrogen) atoms. The van der Waals surface area contributed by atoms with E-state index in [1.165, 1.54) is 19.1 Å². The van der Waals surface area contributed by atoms with Gasteiger partial charge in [-0.3, -0.25) is 4.79 Å². The zero-order chi connectivity index (χ0) is 12.5. The van der Waals surface area contributed by atoms with Crippen LogP contribution in [0.2, 0.25) is 0 Å². The number of ketones is 1. The fourth-order valence-corrected chi connectivity index (χ4v) is 1.83. The van der Waals surface area contributed by atoms with E-state index < -0.39 is 26.7 Å². The summed E-state index contributed by atoms with van der Waals surface area (Å²) in [5, 5.41) is -1.14. The molecule has 1 aromatic rings. The maximum atomic E-state index is 13.0. The number of halogens is 1. The highest BCUT2D eigenvalue weighted by Crippen LogP contribution is 2.13. The van der Waals surface area contributed by atoms with Crippen molar-refractivity contribution < 1.29 is 17.6 Å². The van der Waals surface area contributed by atoms with Crippen molar-refractivity contribution in [3.8, 4) is 0 Å². The predicted molar refractivity (Wildman–Crippen MR) is 59.8 cm³/mol. The van der Waals surface area contributed by atoms with E-state index in [-0.39, 0.29) is 5.56 Å². The monoisotopic (exact) mass is 244 g/mol. The first kappa shape index (κ1) is 12.8. The van der Waals surface area contributed by atoms with Gasteiger partial charge in [0.2, 0.25) is 0 Å². The van der Waals surface area contributed by atoms with E-state index in [0.717, 1.165) is 12.3 Å². The molecular weight excluding hydrogens is 231 g/mol. The first-order chi connectivity index (χ1) is 7.21. The smallest absolute Gasteiger partial charge is 0.180 e. The molecule has 0 aliphatic rings. The highest BCUT2D eigenvalue weighted by molar-refractivity contribution is 7.92. The second kappa shape index (κ2) is 4.33. The zero-order valence-corrected chi connectivity index (χ0v) is 10.1. The van der Waals surface area contributed by atoms with Crippen molar-refractivity contribution in [2.45, 2.75) is 19.1 Å². The fourth-order valence-electron chi connectivity index (χ4n) is 1.31. The summed E-state index contributed by atoms with van der Waals surface area (Å²) in [7, 11) is -3.45. The lowest BCUT2D eigenvalue weighted by Gasteiger charge is -2.08. The van der Waals surface area contributed by atoms with Crippen LogP contribution in [0, 0.1) is 12.7 Å². The highest BCUT2D eigenvalue weighted by Gasteiger charge is 2.25. The Morgan fingerprint density at radius 3 is 2.31 bits per heavy atom. The summed E-state index contributed by atoms with van der Waals surface area (Å²) in [5.41, 5.74) is 0.680. The van der Waals surface area contributed by atoms with Crippen LogP contribution in [0.1, 0.15) is 22.8 Å². The number of rotatable bonds is 3. The number of hydrogen-bond donors (Lipinski definition) is 0. The number of hydrogen-bond acceptors (Lipinski definition) is 3. The SMILES string of the molecule is Cc1cc(F)cc(C(=O)C(C)S(C)(=O)=O)c1. The van der Waals surface area contributed by atoms with Crippen molar-refractivity contribution in [3.63, 3.8) is 0 Å². The van der Waals surface area contributed by atoms with Crippen LogP contribution in [-0.2, 0) is 9.84 Å². The van der Waals surface area contributed by atoms with Crippen molar-refractivity contribution in [3.05, 3.63) is 35.1 Å². The summed E-state index contributed by atoms with van der Waals surface area (Å²) >= 11 is 0. The second-order valence-electron chi connectivity index (χ2n) is 3.85. The van der Waals surface area contributed by atoms with E-state index >= 15 is 0 Å². The van der Waals surface area contributed by atoms with Gasteiger partial charge in [0.15, 0.2) is 15.6 Å². The van der Waals surface area contributed by atoms with Crippen molar-refractivity contribution in [2.24, 2.45) is 0 Å². The summed E-state index contributed by atoms with van der Waals surface area (Å²) in [6.45, 7) is 2.95. The Labute approximate surface area is 94.2 Å². The number of carbonyl (C=O) groups excluding carboxylic acids is 1. The Balaban J connectivity index is 3.15. The van der Waals surface area contributed by atoms with Gasteiger partial charge in [0, 0.05) is 11.8 Å². The van der Waals surface area contributed by atoms with Crippen LogP contribution in [0.5, 0.6) is 0 Å². The molecule has 0 saturated heterocycles. The third-order valence-corrected chi connectivity index (χ3v) is 3.84. The fraction of sp³-hybridized carbons (Fsp3) is 0.364. The van der Waals surface area contributed by atoms with Crippen molar-refractivity contribution in [2.75, 3.05) is 6.26 Å². The van der Waals surface area contributed by atoms with Gasteiger partial charge in [0.05, 0.1) is 0 Å². The molecule has 0 saturated carbocycles. The molecular formula is C11H13FO3S. The number of Topliss-reactive ketones (excluding diaryl/α,β-unsaturated/α-hetero) is 1. The molecule has 1 atom stereocenters. The van der Waals surface area contributed by atoms with Gasteiger partial charge < -0.3 is 0 Å². The molecule has 0 spiro atoms. The number of carbonyl (C=O) groups is 1. The molecule has 0 aromatic heterocycles. The second-order valence-corrected chi connectivity index (χ2v) is 6.22. The first-order valence-corrected chi connectivity index (χ1v) is 6.67. The van der Waals surface area contributed by atoms with Crippen molar-refractivity contribution >= 4 is 15.6 Å². The Morgan fingerprint density at radius 1 is 1.31 bits per heavy atom. The summed E-state index contributed by atoms with van der Waals surface area (Å²) in [6, 6.07) is 3.81. The van der Waals surface area contributed by atoms with E-state index in [2.05, 4.69) is 0 Å². The maximum Gasteiger partial charge on any atom is 0.180 e. The maximum absolute atomic E-state index is 13.0. The highest BCUT2D eigenvalue weighted by atomic mass is 32.2. The molecule has 0 radical (unpaired) electrons. The Hall–Kier alpha value is -1.23.